The van der Waals surface area contributed by atoms with Gasteiger partial charge in [0, 0.05) is 29.0 Å². The van der Waals surface area contributed by atoms with Gasteiger partial charge in [0.15, 0.2) is 0 Å². The van der Waals surface area contributed by atoms with E-state index in [1.165, 1.54) is 12.1 Å². The summed E-state index contributed by atoms with van der Waals surface area (Å²) in [5, 5.41) is 0. The smallest absolute Gasteiger partial charge is 0.311 e. The Kier molecular flexibility index (Phi) is 4.98. The van der Waals surface area contributed by atoms with Gasteiger partial charge in [0.25, 0.3) is 0 Å². The molecule has 1 fully saturated rings. The first-order valence-corrected chi connectivity index (χ1v) is 7.58. The molecule has 4 nitrogen and oxygen atoms in total. The zero-order chi connectivity index (χ0) is 15.6. The average molecular weight is 358 g/mol. The van der Waals surface area contributed by atoms with Gasteiger partial charge in [0.2, 0.25) is 5.91 Å². The number of halogens is 2. The molecule has 0 aromatic heterocycles. The minimum absolute atomic E-state index is 0.0186. The summed E-state index contributed by atoms with van der Waals surface area (Å²) in [5.41, 5.74) is 0.690. The Labute approximate surface area is 131 Å². The molecule has 1 saturated heterocycles. The molecule has 0 bridgehead atoms. The molecule has 1 unspecified atom stereocenters. The Morgan fingerprint density at radius 1 is 1.52 bits per heavy atom. The van der Waals surface area contributed by atoms with Crippen LogP contribution in [0.1, 0.15) is 25.8 Å². The average Bonchev–Trinajstić information content (AvgIpc) is 2.80. The number of nitrogens with zero attached hydrogens (tertiary/aromatic N) is 1. The van der Waals surface area contributed by atoms with Gasteiger partial charge in [-0.15, -0.1) is 0 Å². The molecular weight excluding hydrogens is 341 g/mol. The predicted molar refractivity (Wildman–Crippen MR) is 78.9 cm³/mol. The molecule has 0 aliphatic carbocycles. The number of ether oxygens (including phenoxy) is 1. The van der Waals surface area contributed by atoms with Crippen LogP contribution in [0.25, 0.3) is 0 Å². The van der Waals surface area contributed by atoms with Gasteiger partial charge in [-0.3, -0.25) is 9.59 Å². The van der Waals surface area contributed by atoms with Gasteiger partial charge in [-0.1, -0.05) is 22.0 Å². The predicted octanol–water partition coefficient (Wildman–Crippen LogP) is 2.89. The topological polar surface area (TPSA) is 46.6 Å². The quantitative estimate of drug-likeness (QED) is 0.778. The maximum Gasteiger partial charge on any atom is 0.311 e. The first kappa shape index (κ1) is 15.9. The Morgan fingerprint density at radius 3 is 2.81 bits per heavy atom. The van der Waals surface area contributed by atoms with E-state index in [1.54, 1.807) is 11.0 Å². The van der Waals surface area contributed by atoms with Crippen molar-refractivity contribution in [3.05, 3.63) is 34.1 Å². The van der Waals surface area contributed by atoms with E-state index in [2.05, 4.69) is 15.9 Å². The van der Waals surface area contributed by atoms with Gasteiger partial charge < -0.3 is 9.64 Å². The van der Waals surface area contributed by atoms with Crippen LogP contribution in [0, 0.1) is 11.7 Å². The van der Waals surface area contributed by atoms with E-state index >= 15 is 0 Å². The summed E-state index contributed by atoms with van der Waals surface area (Å²) in [7, 11) is 0. The minimum Gasteiger partial charge on any atom is -0.460 e. The van der Waals surface area contributed by atoms with Crippen LogP contribution in [0.3, 0.4) is 0 Å². The number of likely N-dealkylation sites (tertiary alicyclic amines) is 1. The van der Waals surface area contributed by atoms with Gasteiger partial charge in [0.05, 0.1) is 5.92 Å². The van der Waals surface area contributed by atoms with Crippen LogP contribution in [0.5, 0.6) is 0 Å². The molecule has 0 N–H and O–H groups in total. The summed E-state index contributed by atoms with van der Waals surface area (Å²) in [6.45, 7) is 4.30. The molecule has 1 aliphatic rings. The van der Waals surface area contributed by atoms with Gasteiger partial charge in [-0.05, 0) is 26.0 Å². The van der Waals surface area contributed by atoms with Crippen LogP contribution in [0.15, 0.2) is 22.7 Å². The van der Waals surface area contributed by atoms with Crippen LogP contribution in [-0.2, 0) is 20.9 Å². The van der Waals surface area contributed by atoms with E-state index in [0.717, 1.165) is 0 Å². The third kappa shape index (κ3) is 3.81. The summed E-state index contributed by atoms with van der Waals surface area (Å²) < 4.78 is 18.8. The first-order chi connectivity index (χ1) is 9.88. The van der Waals surface area contributed by atoms with Crippen LogP contribution in [0.2, 0.25) is 0 Å². The summed E-state index contributed by atoms with van der Waals surface area (Å²) in [5.74, 6) is -1.18. The minimum atomic E-state index is -0.417. The lowest BCUT2D eigenvalue weighted by atomic mass is 10.1. The third-order valence-electron chi connectivity index (χ3n) is 3.50. The van der Waals surface area contributed by atoms with Crippen LogP contribution in [0.4, 0.5) is 4.39 Å². The highest BCUT2D eigenvalue weighted by atomic mass is 79.9. The molecule has 6 heteroatoms. The van der Waals surface area contributed by atoms with Crippen molar-refractivity contribution < 1.29 is 18.7 Å². The summed E-state index contributed by atoms with van der Waals surface area (Å²) in [6, 6.07) is 4.28. The molecule has 2 rings (SSSR count). The van der Waals surface area contributed by atoms with Crippen LogP contribution in [-0.4, -0.2) is 29.4 Å². The van der Waals surface area contributed by atoms with E-state index in [0.29, 0.717) is 16.6 Å². The second-order valence-electron chi connectivity index (χ2n) is 5.38. The summed E-state index contributed by atoms with van der Waals surface area (Å²) in [6.07, 6.45) is 0.196. The SMILES string of the molecule is CC(C)N1CC(C(=O)OCc2ccc(F)cc2Br)CC1=O. The Balaban J connectivity index is 1.92. The molecule has 1 atom stereocenters. The van der Waals surface area contributed by atoms with E-state index in [4.69, 9.17) is 4.74 Å². The standard InChI is InChI=1S/C15H17BrFNO3/c1-9(2)18-7-11(5-14(18)19)15(20)21-8-10-3-4-12(17)6-13(10)16/h3-4,6,9,11H,5,7-8H2,1-2H3. The van der Waals surface area contributed by atoms with Gasteiger partial charge in [-0.2, -0.15) is 0 Å². The van der Waals surface area contributed by atoms with Crippen molar-refractivity contribution in [2.75, 3.05) is 6.54 Å². The van der Waals surface area contributed by atoms with E-state index in [-0.39, 0.29) is 36.8 Å². The van der Waals surface area contributed by atoms with E-state index in [1.807, 2.05) is 13.8 Å². The molecule has 1 aromatic rings. The fraction of sp³-hybridized carbons (Fsp3) is 0.467. The zero-order valence-corrected chi connectivity index (χ0v) is 13.5. The normalized spacial score (nSPS) is 18.4. The van der Waals surface area contributed by atoms with Crippen molar-refractivity contribution in [2.45, 2.75) is 32.9 Å². The number of benzene rings is 1. The lowest BCUT2D eigenvalue weighted by molar-refractivity contribution is -0.149. The van der Waals surface area contributed by atoms with Crippen molar-refractivity contribution in [3.63, 3.8) is 0 Å². The fourth-order valence-corrected chi connectivity index (χ4v) is 2.76. The third-order valence-corrected chi connectivity index (χ3v) is 4.24. The van der Waals surface area contributed by atoms with Crippen molar-refractivity contribution in [1.82, 2.24) is 4.90 Å². The number of rotatable bonds is 4. The van der Waals surface area contributed by atoms with Gasteiger partial charge in [0.1, 0.15) is 12.4 Å². The monoisotopic (exact) mass is 357 g/mol. The lowest BCUT2D eigenvalue weighted by Crippen LogP contribution is -2.33. The lowest BCUT2D eigenvalue weighted by Gasteiger charge is -2.20. The van der Waals surface area contributed by atoms with Crippen molar-refractivity contribution in [2.24, 2.45) is 5.92 Å². The molecule has 0 radical (unpaired) electrons. The molecule has 1 aliphatic heterocycles. The second kappa shape index (κ2) is 6.56. The maximum atomic E-state index is 13.0. The van der Waals surface area contributed by atoms with Gasteiger partial charge >= 0.3 is 5.97 Å². The van der Waals surface area contributed by atoms with Crippen LogP contribution < -0.4 is 0 Å². The van der Waals surface area contributed by atoms with Gasteiger partial charge in [-0.25, -0.2) is 4.39 Å². The van der Waals surface area contributed by atoms with Crippen molar-refractivity contribution in [3.8, 4) is 0 Å². The number of esters is 1. The number of carbonyl (C=O) groups is 2. The maximum absolute atomic E-state index is 13.0. The van der Waals surface area contributed by atoms with Crippen LogP contribution >= 0.6 is 15.9 Å². The highest BCUT2D eigenvalue weighted by Crippen LogP contribution is 2.23. The summed E-state index contributed by atoms with van der Waals surface area (Å²) >= 11 is 3.23. The van der Waals surface area contributed by atoms with Crippen molar-refractivity contribution in [1.29, 1.82) is 0 Å². The largest absolute Gasteiger partial charge is 0.460 e. The zero-order valence-electron chi connectivity index (χ0n) is 11.9. The molecular formula is C15H17BrFNO3. The Morgan fingerprint density at radius 2 is 2.24 bits per heavy atom. The molecule has 21 heavy (non-hydrogen) atoms. The fourth-order valence-electron chi connectivity index (χ4n) is 2.29. The highest BCUT2D eigenvalue weighted by Gasteiger charge is 2.36. The molecule has 1 aromatic carbocycles. The Hall–Kier alpha value is -1.43. The number of carbonyl (C=O) groups excluding carboxylic acids is 2. The molecule has 0 saturated carbocycles. The van der Waals surface area contributed by atoms with E-state index < -0.39 is 5.92 Å². The van der Waals surface area contributed by atoms with Crippen molar-refractivity contribution >= 4 is 27.8 Å². The van der Waals surface area contributed by atoms with E-state index in [9.17, 15) is 14.0 Å². The number of hydrogen-bond acceptors (Lipinski definition) is 3. The molecule has 1 heterocycles. The molecule has 0 spiro atoms. The Bertz CT molecular complexity index is 562. The molecule has 1 amide bonds. The summed E-state index contributed by atoms with van der Waals surface area (Å²) in [4.78, 5) is 25.5. The number of amides is 1. The molecule has 114 valence electrons. The highest BCUT2D eigenvalue weighted by molar-refractivity contribution is 9.10. The first-order valence-electron chi connectivity index (χ1n) is 6.78. The second-order valence-corrected chi connectivity index (χ2v) is 6.24. The number of hydrogen-bond donors (Lipinski definition) is 0.